The average Bonchev–Trinajstić information content (AvgIpc) is 3.10. The van der Waals surface area contributed by atoms with Gasteiger partial charge in [-0.1, -0.05) is 6.07 Å². The zero-order valence-corrected chi connectivity index (χ0v) is 12.9. The van der Waals surface area contributed by atoms with Gasteiger partial charge in [0.05, 0.1) is 11.5 Å². The number of hydrogen-bond donors (Lipinski definition) is 1. The third-order valence-corrected chi connectivity index (χ3v) is 5.41. The van der Waals surface area contributed by atoms with Gasteiger partial charge in [0.15, 0.2) is 21.3 Å². The molecule has 1 atom stereocenters. The second-order valence-electron chi connectivity index (χ2n) is 5.36. The molecule has 2 aliphatic heterocycles. The molecule has 0 saturated carbocycles. The topological polar surface area (TPSA) is 105 Å². The van der Waals surface area contributed by atoms with Gasteiger partial charge in [0.25, 0.3) is 5.91 Å². The van der Waals surface area contributed by atoms with Crippen molar-refractivity contribution < 1.29 is 22.7 Å². The Morgan fingerprint density at radius 2 is 2.13 bits per heavy atom. The number of nitriles is 1. The van der Waals surface area contributed by atoms with Crippen LogP contribution in [0.4, 0.5) is 0 Å². The molecule has 1 fully saturated rings. The number of ether oxygens (including phenoxy) is 2. The smallest absolute Gasteiger partial charge is 0.262 e. The fourth-order valence-electron chi connectivity index (χ4n) is 2.49. The van der Waals surface area contributed by atoms with E-state index in [2.05, 4.69) is 5.32 Å². The SMILES string of the molecule is N#C/C(=C\c1ccc2c(c1)OCO2)C(=O)NC1CCS(=O)(=O)C1. The molecule has 0 radical (unpaired) electrons. The van der Waals surface area contributed by atoms with Crippen molar-refractivity contribution in [2.75, 3.05) is 18.3 Å². The maximum absolute atomic E-state index is 12.1. The lowest BCUT2D eigenvalue weighted by molar-refractivity contribution is -0.117. The molecule has 1 saturated heterocycles. The molecule has 23 heavy (non-hydrogen) atoms. The maximum Gasteiger partial charge on any atom is 0.262 e. The van der Waals surface area contributed by atoms with Crippen molar-refractivity contribution in [2.45, 2.75) is 12.5 Å². The monoisotopic (exact) mass is 334 g/mol. The number of sulfone groups is 1. The third-order valence-electron chi connectivity index (χ3n) is 3.64. The number of benzene rings is 1. The highest BCUT2D eigenvalue weighted by Gasteiger charge is 2.29. The van der Waals surface area contributed by atoms with Crippen LogP contribution in [0.25, 0.3) is 6.08 Å². The predicted octanol–water partition coefficient (Wildman–Crippen LogP) is 0.626. The van der Waals surface area contributed by atoms with Crippen LogP contribution in [0.2, 0.25) is 0 Å². The average molecular weight is 334 g/mol. The molecule has 8 heteroatoms. The van der Waals surface area contributed by atoms with E-state index < -0.39 is 21.8 Å². The lowest BCUT2D eigenvalue weighted by Crippen LogP contribution is -2.36. The number of amides is 1. The predicted molar refractivity (Wildman–Crippen MR) is 81.4 cm³/mol. The summed E-state index contributed by atoms with van der Waals surface area (Å²) < 4.78 is 33.2. The molecule has 2 heterocycles. The Balaban J connectivity index is 1.74. The molecule has 0 spiro atoms. The molecule has 0 aliphatic carbocycles. The Kier molecular flexibility index (Phi) is 3.96. The number of rotatable bonds is 3. The van der Waals surface area contributed by atoms with Gasteiger partial charge >= 0.3 is 0 Å². The quantitative estimate of drug-likeness (QED) is 0.642. The van der Waals surface area contributed by atoms with E-state index in [1.807, 2.05) is 6.07 Å². The van der Waals surface area contributed by atoms with Crippen molar-refractivity contribution >= 4 is 21.8 Å². The van der Waals surface area contributed by atoms with Crippen LogP contribution in [-0.4, -0.2) is 38.7 Å². The first-order chi connectivity index (χ1) is 11.0. The van der Waals surface area contributed by atoms with Gasteiger partial charge in [-0.25, -0.2) is 8.42 Å². The summed E-state index contributed by atoms with van der Waals surface area (Å²) in [4.78, 5) is 12.1. The minimum atomic E-state index is -3.09. The summed E-state index contributed by atoms with van der Waals surface area (Å²) in [6.45, 7) is 0.143. The van der Waals surface area contributed by atoms with Crippen molar-refractivity contribution in [1.82, 2.24) is 5.32 Å². The van der Waals surface area contributed by atoms with E-state index in [0.717, 1.165) is 0 Å². The van der Waals surface area contributed by atoms with Crippen LogP contribution >= 0.6 is 0 Å². The standard InChI is InChI=1S/C15H14N2O5S/c16-7-11(15(18)17-12-3-4-23(19,20)8-12)5-10-1-2-13-14(6-10)22-9-21-13/h1-2,5-6,12H,3-4,8-9H2,(H,17,18)/b11-5+. The van der Waals surface area contributed by atoms with E-state index in [4.69, 9.17) is 9.47 Å². The molecular weight excluding hydrogens is 320 g/mol. The molecule has 1 amide bonds. The number of carbonyl (C=O) groups is 1. The summed E-state index contributed by atoms with van der Waals surface area (Å²) in [5.41, 5.74) is 0.535. The summed E-state index contributed by atoms with van der Waals surface area (Å²) in [6, 6.07) is 6.48. The number of fused-ring (bicyclic) bond motifs is 1. The van der Waals surface area contributed by atoms with Crippen molar-refractivity contribution in [3.05, 3.63) is 29.3 Å². The van der Waals surface area contributed by atoms with Gasteiger partial charge in [-0.05, 0) is 30.2 Å². The van der Waals surface area contributed by atoms with Crippen LogP contribution in [0.1, 0.15) is 12.0 Å². The highest BCUT2D eigenvalue weighted by molar-refractivity contribution is 7.91. The highest BCUT2D eigenvalue weighted by Crippen LogP contribution is 2.33. The second-order valence-corrected chi connectivity index (χ2v) is 7.58. The van der Waals surface area contributed by atoms with Crippen LogP contribution in [0.5, 0.6) is 11.5 Å². The molecule has 1 unspecified atom stereocenters. The van der Waals surface area contributed by atoms with Crippen LogP contribution in [0, 0.1) is 11.3 Å². The Morgan fingerprint density at radius 3 is 2.83 bits per heavy atom. The molecular formula is C15H14N2O5S. The first-order valence-electron chi connectivity index (χ1n) is 6.99. The Morgan fingerprint density at radius 1 is 1.35 bits per heavy atom. The molecule has 0 bridgehead atoms. The largest absolute Gasteiger partial charge is 0.454 e. The van der Waals surface area contributed by atoms with Gasteiger partial charge in [0.1, 0.15) is 11.6 Å². The number of hydrogen-bond acceptors (Lipinski definition) is 6. The zero-order valence-electron chi connectivity index (χ0n) is 12.1. The summed E-state index contributed by atoms with van der Waals surface area (Å²) >= 11 is 0. The van der Waals surface area contributed by atoms with E-state index >= 15 is 0 Å². The first kappa shape index (κ1) is 15.4. The number of carbonyl (C=O) groups excluding carboxylic acids is 1. The van der Waals surface area contributed by atoms with Crippen LogP contribution in [-0.2, 0) is 14.6 Å². The lowest BCUT2D eigenvalue weighted by Gasteiger charge is -2.09. The number of nitrogens with zero attached hydrogens (tertiary/aromatic N) is 1. The van der Waals surface area contributed by atoms with Gasteiger partial charge < -0.3 is 14.8 Å². The molecule has 0 aromatic heterocycles. The van der Waals surface area contributed by atoms with Crippen LogP contribution in [0.15, 0.2) is 23.8 Å². The summed E-state index contributed by atoms with van der Waals surface area (Å²) in [7, 11) is -3.09. The molecule has 3 rings (SSSR count). The van der Waals surface area contributed by atoms with E-state index in [1.54, 1.807) is 18.2 Å². The Bertz CT molecular complexity index is 823. The molecule has 2 aliphatic rings. The number of nitrogens with one attached hydrogen (secondary N) is 1. The van der Waals surface area contributed by atoms with Crippen LogP contribution < -0.4 is 14.8 Å². The van der Waals surface area contributed by atoms with E-state index in [0.29, 0.717) is 23.5 Å². The Hall–Kier alpha value is -2.53. The molecule has 1 N–H and O–H groups in total. The normalized spacial score (nSPS) is 21.7. The molecule has 1 aromatic rings. The molecule has 7 nitrogen and oxygen atoms in total. The third kappa shape index (κ3) is 3.46. The van der Waals surface area contributed by atoms with Crippen LogP contribution in [0.3, 0.4) is 0 Å². The minimum absolute atomic E-state index is 0.0612. The van der Waals surface area contributed by atoms with E-state index in [1.165, 1.54) is 6.08 Å². The Labute approximate surface area is 133 Å². The summed E-state index contributed by atoms with van der Waals surface area (Å²) in [6.07, 6.45) is 1.80. The maximum atomic E-state index is 12.1. The second kappa shape index (κ2) is 5.93. The molecule has 120 valence electrons. The zero-order chi connectivity index (χ0) is 16.4. The lowest BCUT2D eigenvalue weighted by atomic mass is 10.1. The first-order valence-corrected chi connectivity index (χ1v) is 8.82. The van der Waals surface area contributed by atoms with Gasteiger partial charge in [0, 0.05) is 6.04 Å². The fraction of sp³-hybridized carbons (Fsp3) is 0.333. The van der Waals surface area contributed by atoms with Gasteiger partial charge in [0.2, 0.25) is 6.79 Å². The van der Waals surface area contributed by atoms with Gasteiger partial charge in [-0.15, -0.1) is 0 Å². The van der Waals surface area contributed by atoms with E-state index in [9.17, 15) is 18.5 Å². The van der Waals surface area contributed by atoms with Gasteiger partial charge in [-0.2, -0.15) is 5.26 Å². The minimum Gasteiger partial charge on any atom is -0.454 e. The van der Waals surface area contributed by atoms with Gasteiger partial charge in [-0.3, -0.25) is 4.79 Å². The van der Waals surface area contributed by atoms with Crippen molar-refractivity contribution in [3.63, 3.8) is 0 Å². The molecule has 1 aromatic carbocycles. The van der Waals surface area contributed by atoms with Crippen molar-refractivity contribution in [3.8, 4) is 17.6 Å². The van der Waals surface area contributed by atoms with Crippen molar-refractivity contribution in [1.29, 1.82) is 5.26 Å². The van der Waals surface area contributed by atoms with Crippen molar-refractivity contribution in [2.24, 2.45) is 0 Å². The fourth-order valence-corrected chi connectivity index (χ4v) is 4.16. The van der Waals surface area contributed by atoms with E-state index in [-0.39, 0.29) is 23.9 Å². The summed E-state index contributed by atoms with van der Waals surface area (Å²) in [5.74, 6) is 0.569. The highest BCUT2D eigenvalue weighted by atomic mass is 32.2. The summed E-state index contributed by atoms with van der Waals surface area (Å²) in [5, 5.41) is 11.8.